The van der Waals surface area contributed by atoms with E-state index in [1.807, 2.05) is 41.5 Å². The number of hydrogen-bond acceptors (Lipinski definition) is 5. The minimum absolute atomic E-state index is 0.169. The molecular formula is C22H24N4OS2. The van der Waals surface area contributed by atoms with Crippen molar-refractivity contribution in [2.75, 3.05) is 0 Å². The van der Waals surface area contributed by atoms with E-state index in [2.05, 4.69) is 39.9 Å². The number of carbonyl (C=O) groups is 1. The standard InChI is InChI=1S/C22H24N4OS2/c1-15-12-21-23-16(2)20(17(3)26(21)24-15)8-9-22(27)25(13-18-6-4-10-28-18)14-19-7-5-11-29-19/h4-7,10-12H,8-9,13-14H2,1-3H3. The lowest BCUT2D eigenvalue weighted by Gasteiger charge is -2.22. The van der Waals surface area contributed by atoms with Crippen molar-refractivity contribution >= 4 is 34.2 Å². The van der Waals surface area contributed by atoms with E-state index in [0.29, 0.717) is 25.9 Å². The topological polar surface area (TPSA) is 50.5 Å². The maximum atomic E-state index is 13.2. The third kappa shape index (κ3) is 4.41. The van der Waals surface area contributed by atoms with E-state index in [-0.39, 0.29) is 5.91 Å². The molecule has 0 aliphatic carbocycles. The van der Waals surface area contributed by atoms with Crippen LogP contribution in [0.3, 0.4) is 0 Å². The van der Waals surface area contributed by atoms with E-state index in [1.165, 1.54) is 9.75 Å². The van der Waals surface area contributed by atoms with E-state index in [1.54, 1.807) is 22.7 Å². The van der Waals surface area contributed by atoms with Crippen LogP contribution in [0.5, 0.6) is 0 Å². The minimum atomic E-state index is 0.169. The van der Waals surface area contributed by atoms with Crippen LogP contribution in [0.25, 0.3) is 5.65 Å². The monoisotopic (exact) mass is 424 g/mol. The van der Waals surface area contributed by atoms with Gasteiger partial charge in [-0.2, -0.15) is 5.10 Å². The summed E-state index contributed by atoms with van der Waals surface area (Å²) in [5.74, 6) is 0.169. The van der Waals surface area contributed by atoms with Crippen LogP contribution < -0.4 is 0 Å². The predicted octanol–water partition coefficient (Wildman–Crippen LogP) is 4.94. The maximum absolute atomic E-state index is 13.2. The fraction of sp³-hybridized carbons (Fsp3) is 0.318. The first kappa shape index (κ1) is 19.8. The lowest BCUT2D eigenvalue weighted by atomic mass is 10.1. The lowest BCUT2D eigenvalue weighted by Crippen LogP contribution is -2.30. The summed E-state index contributed by atoms with van der Waals surface area (Å²) in [6, 6.07) is 10.2. The van der Waals surface area contributed by atoms with Crippen molar-refractivity contribution < 1.29 is 4.79 Å². The average molecular weight is 425 g/mol. The van der Waals surface area contributed by atoms with Crippen LogP contribution in [0, 0.1) is 20.8 Å². The summed E-state index contributed by atoms with van der Waals surface area (Å²) >= 11 is 3.38. The maximum Gasteiger partial charge on any atom is 0.223 e. The summed E-state index contributed by atoms with van der Waals surface area (Å²) in [5, 5.41) is 8.65. The third-order valence-electron chi connectivity index (χ3n) is 5.08. The molecular weight excluding hydrogens is 400 g/mol. The molecule has 4 aromatic rings. The van der Waals surface area contributed by atoms with Gasteiger partial charge in [-0.3, -0.25) is 4.79 Å². The minimum Gasteiger partial charge on any atom is -0.332 e. The molecule has 0 unspecified atom stereocenters. The van der Waals surface area contributed by atoms with Crippen LogP contribution in [0.15, 0.2) is 41.1 Å². The number of thiophene rings is 2. The Hall–Kier alpha value is -2.51. The van der Waals surface area contributed by atoms with Gasteiger partial charge in [-0.05, 0) is 55.6 Å². The summed E-state index contributed by atoms with van der Waals surface area (Å²) in [5.41, 5.74) is 4.97. The third-order valence-corrected chi connectivity index (χ3v) is 6.80. The van der Waals surface area contributed by atoms with Crippen LogP contribution in [-0.4, -0.2) is 25.4 Å². The fourth-order valence-corrected chi connectivity index (χ4v) is 5.05. The predicted molar refractivity (Wildman–Crippen MR) is 118 cm³/mol. The van der Waals surface area contributed by atoms with Gasteiger partial charge >= 0.3 is 0 Å². The Morgan fingerprint density at radius 3 is 2.31 bits per heavy atom. The molecule has 0 fully saturated rings. The molecule has 29 heavy (non-hydrogen) atoms. The summed E-state index contributed by atoms with van der Waals surface area (Å²) < 4.78 is 1.89. The second-order valence-corrected chi connectivity index (χ2v) is 9.29. The molecule has 0 radical (unpaired) electrons. The van der Waals surface area contributed by atoms with Crippen molar-refractivity contribution in [3.05, 3.63) is 73.5 Å². The first-order valence-electron chi connectivity index (χ1n) is 9.66. The van der Waals surface area contributed by atoms with Crippen molar-refractivity contribution in [3.8, 4) is 0 Å². The highest BCUT2D eigenvalue weighted by molar-refractivity contribution is 7.10. The molecule has 0 aromatic carbocycles. The van der Waals surface area contributed by atoms with Gasteiger partial charge in [-0.1, -0.05) is 12.1 Å². The van der Waals surface area contributed by atoms with E-state index in [9.17, 15) is 4.79 Å². The summed E-state index contributed by atoms with van der Waals surface area (Å²) in [6.07, 6.45) is 1.13. The summed E-state index contributed by atoms with van der Waals surface area (Å²) in [4.78, 5) is 22.2. The molecule has 0 aliphatic heterocycles. The first-order valence-corrected chi connectivity index (χ1v) is 11.4. The van der Waals surface area contributed by atoms with Gasteiger partial charge < -0.3 is 4.90 Å². The van der Waals surface area contributed by atoms with Gasteiger partial charge in [0.1, 0.15) is 0 Å². The van der Waals surface area contributed by atoms with Crippen LogP contribution in [0.4, 0.5) is 0 Å². The molecule has 0 saturated heterocycles. The number of fused-ring (bicyclic) bond motifs is 1. The molecule has 0 spiro atoms. The van der Waals surface area contributed by atoms with Crippen LogP contribution in [0.1, 0.15) is 38.8 Å². The normalized spacial score (nSPS) is 11.3. The average Bonchev–Trinajstić information content (AvgIpc) is 3.43. The molecule has 150 valence electrons. The summed E-state index contributed by atoms with van der Waals surface area (Å²) in [6.45, 7) is 7.36. The number of rotatable bonds is 7. The lowest BCUT2D eigenvalue weighted by molar-refractivity contribution is -0.132. The number of nitrogens with zero attached hydrogens (tertiary/aromatic N) is 4. The highest BCUT2D eigenvalue weighted by atomic mass is 32.1. The number of carbonyl (C=O) groups excluding carboxylic acids is 1. The van der Waals surface area contributed by atoms with Gasteiger partial charge in [0, 0.05) is 33.6 Å². The molecule has 0 N–H and O–H groups in total. The second-order valence-electron chi connectivity index (χ2n) is 7.23. The van der Waals surface area contributed by atoms with Gasteiger partial charge in [0.25, 0.3) is 0 Å². The molecule has 1 amide bonds. The van der Waals surface area contributed by atoms with Crippen LogP contribution in [0.2, 0.25) is 0 Å². The van der Waals surface area contributed by atoms with Crippen LogP contribution >= 0.6 is 22.7 Å². The largest absolute Gasteiger partial charge is 0.332 e. The van der Waals surface area contributed by atoms with Gasteiger partial charge in [-0.25, -0.2) is 9.50 Å². The Labute approximate surface area is 178 Å². The van der Waals surface area contributed by atoms with Crippen LogP contribution in [-0.2, 0) is 24.3 Å². The Morgan fingerprint density at radius 1 is 1.07 bits per heavy atom. The Balaban J connectivity index is 1.52. The van der Waals surface area contributed by atoms with Crippen molar-refractivity contribution in [2.24, 2.45) is 0 Å². The zero-order chi connectivity index (χ0) is 20.4. The van der Waals surface area contributed by atoms with Gasteiger partial charge in [0.15, 0.2) is 5.65 Å². The summed E-state index contributed by atoms with van der Waals surface area (Å²) in [7, 11) is 0. The Bertz CT molecular complexity index is 1080. The number of hydrogen-bond donors (Lipinski definition) is 0. The molecule has 4 heterocycles. The second kappa shape index (κ2) is 8.47. The van der Waals surface area contributed by atoms with Gasteiger partial charge in [0.2, 0.25) is 5.91 Å². The molecule has 7 heteroatoms. The van der Waals surface area contributed by atoms with Gasteiger partial charge in [0.05, 0.1) is 18.8 Å². The van der Waals surface area contributed by atoms with Crippen molar-refractivity contribution in [3.63, 3.8) is 0 Å². The Morgan fingerprint density at radius 2 is 1.72 bits per heavy atom. The first-order chi connectivity index (χ1) is 14.0. The number of aromatic nitrogens is 3. The molecule has 0 atom stereocenters. The molecule has 0 saturated carbocycles. The number of amides is 1. The highest BCUT2D eigenvalue weighted by Crippen LogP contribution is 2.21. The highest BCUT2D eigenvalue weighted by Gasteiger charge is 2.18. The molecule has 0 aliphatic rings. The fourth-order valence-electron chi connectivity index (χ4n) is 3.61. The zero-order valence-corrected chi connectivity index (χ0v) is 18.5. The van der Waals surface area contributed by atoms with Crippen molar-refractivity contribution in [2.45, 2.75) is 46.7 Å². The van der Waals surface area contributed by atoms with E-state index in [4.69, 9.17) is 0 Å². The number of aryl methyl sites for hydroxylation is 3. The molecule has 4 aromatic heterocycles. The molecule has 0 bridgehead atoms. The van der Waals surface area contributed by atoms with E-state index in [0.717, 1.165) is 28.3 Å². The van der Waals surface area contributed by atoms with Crippen molar-refractivity contribution in [1.82, 2.24) is 19.5 Å². The molecule has 5 nitrogen and oxygen atoms in total. The zero-order valence-electron chi connectivity index (χ0n) is 16.9. The smallest absolute Gasteiger partial charge is 0.223 e. The van der Waals surface area contributed by atoms with E-state index >= 15 is 0 Å². The molecule has 4 rings (SSSR count). The Kier molecular flexibility index (Phi) is 5.78. The quantitative estimate of drug-likeness (QED) is 0.422. The van der Waals surface area contributed by atoms with Gasteiger partial charge in [-0.15, -0.1) is 22.7 Å². The SMILES string of the molecule is Cc1cc2nc(C)c(CCC(=O)N(Cc3cccs3)Cc3cccs3)c(C)n2n1. The van der Waals surface area contributed by atoms with E-state index < -0.39 is 0 Å². The van der Waals surface area contributed by atoms with Crippen molar-refractivity contribution in [1.29, 1.82) is 0 Å².